The first-order valence-corrected chi connectivity index (χ1v) is 8.73. The zero-order valence-electron chi connectivity index (χ0n) is 15.8. The molecule has 2 N–H and O–H groups in total. The van der Waals surface area contributed by atoms with E-state index in [1.54, 1.807) is 13.8 Å². The van der Waals surface area contributed by atoms with E-state index in [0.29, 0.717) is 24.1 Å². The number of ketones is 2. The first kappa shape index (κ1) is 18.3. The van der Waals surface area contributed by atoms with Crippen LogP contribution in [-0.4, -0.2) is 27.5 Å². The van der Waals surface area contributed by atoms with E-state index >= 15 is 0 Å². The third kappa shape index (κ3) is 2.94. The summed E-state index contributed by atoms with van der Waals surface area (Å²) in [6, 6.07) is 1.42. The summed E-state index contributed by atoms with van der Waals surface area (Å²) in [7, 11) is 0. The summed E-state index contributed by atoms with van der Waals surface area (Å²) in [5, 5.41) is 12.6. The number of aromatic nitrogens is 1. The van der Waals surface area contributed by atoms with Gasteiger partial charge in [-0.2, -0.15) is 0 Å². The number of Topliss-reactive ketones (excluding diaryl/α,β-unsaturated/α-hetero) is 2. The zero-order chi connectivity index (χ0) is 19.4. The molecule has 1 aliphatic carbocycles. The predicted octanol–water partition coefficient (Wildman–Crippen LogP) is 2.09. The quantitative estimate of drug-likeness (QED) is 0.847. The number of hydrogen-bond acceptors (Lipinski definition) is 5. The van der Waals surface area contributed by atoms with Crippen molar-refractivity contribution in [1.29, 1.82) is 0 Å². The molecule has 0 bridgehead atoms. The zero-order valence-corrected chi connectivity index (χ0v) is 15.8. The standard InChI is InChI=1S/C20H24N2O4/c1-10-8-12(23)21-16-14(10)18(25)15-11(2)9-13(24)22(17(15)19(16)26)7-6-20(3,4)5/h8-9,12,21,23H,6-7H2,1-5H3. The number of aliphatic hydroxyl groups excluding tert-OH is 1. The Morgan fingerprint density at radius 1 is 1.15 bits per heavy atom. The van der Waals surface area contributed by atoms with Crippen molar-refractivity contribution in [2.45, 2.75) is 53.8 Å². The molecule has 0 fully saturated rings. The van der Waals surface area contributed by atoms with Gasteiger partial charge in [0.05, 0.1) is 16.8 Å². The Kier molecular flexibility index (Phi) is 4.27. The van der Waals surface area contributed by atoms with Crippen molar-refractivity contribution >= 4 is 11.6 Å². The van der Waals surface area contributed by atoms with Crippen molar-refractivity contribution in [2.75, 3.05) is 0 Å². The van der Waals surface area contributed by atoms with Gasteiger partial charge in [0, 0.05) is 12.6 Å². The van der Waals surface area contributed by atoms with Crippen LogP contribution >= 0.6 is 0 Å². The minimum Gasteiger partial charge on any atom is -0.370 e. The highest BCUT2D eigenvalue weighted by Gasteiger charge is 2.39. The van der Waals surface area contributed by atoms with Crippen LogP contribution in [0.15, 0.2) is 33.8 Å². The number of aliphatic hydroxyl groups is 1. The van der Waals surface area contributed by atoms with Crippen molar-refractivity contribution in [3.63, 3.8) is 0 Å². The molecular weight excluding hydrogens is 332 g/mol. The number of carbonyl (C=O) groups excluding carboxylic acids is 2. The van der Waals surface area contributed by atoms with Gasteiger partial charge >= 0.3 is 0 Å². The third-order valence-corrected chi connectivity index (χ3v) is 4.83. The Balaban J connectivity index is 2.22. The molecule has 0 radical (unpaired) electrons. The van der Waals surface area contributed by atoms with Crippen molar-refractivity contribution in [3.05, 3.63) is 56.2 Å². The maximum atomic E-state index is 13.2. The molecule has 0 saturated carbocycles. The Labute approximate surface area is 152 Å². The molecule has 0 aromatic carbocycles. The molecule has 1 aromatic rings. The van der Waals surface area contributed by atoms with Crippen molar-refractivity contribution in [2.24, 2.45) is 5.41 Å². The van der Waals surface area contributed by atoms with E-state index < -0.39 is 12.0 Å². The molecule has 2 aliphatic rings. The molecule has 6 nitrogen and oxygen atoms in total. The van der Waals surface area contributed by atoms with Crippen molar-refractivity contribution in [3.8, 4) is 0 Å². The summed E-state index contributed by atoms with van der Waals surface area (Å²) in [4.78, 5) is 38.8. The van der Waals surface area contributed by atoms with Crippen LogP contribution in [-0.2, 0) is 6.54 Å². The number of hydrogen-bond donors (Lipinski definition) is 2. The van der Waals surface area contributed by atoms with Gasteiger partial charge in [-0.1, -0.05) is 20.8 Å². The highest BCUT2D eigenvalue weighted by atomic mass is 16.3. The Morgan fingerprint density at radius 3 is 2.42 bits per heavy atom. The number of aryl methyl sites for hydroxylation is 1. The molecular formula is C20H24N2O4. The molecule has 2 heterocycles. The Hall–Kier alpha value is -2.47. The second-order valence-corrected chi connectivity index (χ2v) is 8.20. The lowest BCUT2D eigenvalue weighted by Crippen LogP contribution is -2.42. The molecule has 0 saturated heterocycles. The van der Waals surface area contributed by atoms with Crippen LogP contribution in [0.5, 0.6) is 0 Å². The summed E-state index contributed by atoms with van der Waals surface area (Å²) in [6.07, 6.45) is 1.15. The van der Waals surface area contributed by atoms with Crippen molar-refractivity contribution < 1.29 is 14.7 Å². The number of fused-ring (bicyclic) bond motifs is 1. The van der Waals surface area contributed by atoms with Crippen LogP contribution < -0.4 is 10.9 Å². The lowest BCUT2D eigenvalue weighted by Gasteiger charge is -2.30. The summed E-state index contributed by atoms with van der Waals surface area (Å²) in [5.74, 6) is -0.708. The van der Waals surface area contributed by atoms with E-state index in [1.165, 1.54) is 16.7 Å². The number of nitrogens with one attached hydrogen (secondary N) is 1. The highest BCUT2D eigenvalue weighted by molar-refractivity contribution is 6.28. The fourth-order valence-electron chi connectivity index (χ4n) is 3.45. The number of pyridine rings is 1. The van der Waals surface area contributed by atoms with E-state index in [1.807, 2.05) is 0 Å². The minimum absolute atomic E-state index is 0.0258. The molecule has 0 spiro atoms. The molecule has 1 unspecified atom stereocenters. The Morgan fingerprint density at radius 2 is 1.81 bits per heavy atom. The second kappa shape index (κ2) is 6.06. The number of carbonyl (C=O) groups is 2. The van der Waals surface area contributed by atoms with Gasteiger partial charge in [0.25, 0.3) is 5.56 Å². The maximum absolute atomic E-state index is 13.2. The fraction of sp³-hybridized carbons (Fsp3) is 0.450. The van der Waals surface area contributed by atoms with E-state index in [9.17, 15) is 19.5 Å². The van der Waals surface area contributed by atoms with Gasteiger partial charge in [0.15, 0.2) is 5.78 Å². The normalized spacial score (nSPS) is 19.8. The minimum atomic E-state index is -1.04. The van der Waals surface area contributed by atoms with Gasteiger partial charge in [-0.25, -0.2) is 0 Å². The van der Waals surface area contributed by atoms with E-state index in [2.05, 4.69) is 26.1 Å². The summed E-state index contributed by atoms with van der Waals surface area (Å²) < 4.78 is 1.40. The molecule has 1 aromatic heterocycles. The molecule has 0 amide bonds. The molecule has 1 aliphatic heterocycles. The summed E-state index contributed by atoms with van der Waals surface area (Å²) >= 11 is 0. The highest BCUT2D eigenvalue weighted by Crippen LogP contribution is 2.33. The fourth-order valence-corrected chi connectivity index (χ4v) is 3.45. The van der Waals surface area contributed by atoms with Crippen LogP contribution in [0.3, 0.4) is 0 Å². The first-order valence-electron chi connectivity index (χ1n) is 8.73. The van der Waals surface area contributed by atoms with Crippen molar-refractivity contribution in [1.82, 2.24) is 9.88 Å². The molecule has 138 valence electrons. The van der Waals surface area contributed by atoms with Gasteiger partial charge in [-0.15, -0.1) is 0 Å². The van der Waals surface area contributed by atoms with Crippen LogP contribution in [0.4, 0.5) is 0 Å². The molecule has 3 rings (SSSR count). The number of dihydropyridines is 1. The van der Waals surface area contributed by atoms with Gasteiger partial charge in [0.2, 0.25) is 5.78 Å². The molecule has 1 atom stereocenters. The van der Waals surface area contributed by atoms with Gasteiger partial charge in [-0.3, -0.25) is 14.4 Å². The number of nitrogens with zero attached hydrogens (tertiary/aromatic N) is 1. The van der Waals surface area contributed by atoms with Gasteiger partial charge in [0.1, 0.15) is 11.9 Å². The monoisotopic (exact) mass is 356 g/mol. The third-order valence-electron chi connectivity index (χ3n) is 4.83. The lowest BCUT2D eigenvalue weighted by molar-refractivity contribution is 0.0939. The van der Waals surface area contributed by atoms with Gasteiger partial charge in [-0.05, 0) is 42.9 Å². The second-order valence-electron chi connectivity index (χ2n) is 8.20. The SMILES string of the molecule is CC1=CC(O)NC2=C1C(=O)c1c(C)cc(=O)n(CCC(C)(C)C)c1C2=O. The van der Waals surface area contributed by atoms with Crippen LogP contribution in [0.25, 0.3) is 0 Å². The average Bonchev–Trinajstić information content (AvgIpc) is 2.49. The lowest BCUT2D eigenvalue weighted by atomic mass is 9.82. The van der Waals surface area contributed by atoms with E-state index in [-0.39, 0.29) is 39.3 Å². The predicted molar refractivity (Wildman–Crippen MR) is 98.1 cm³/mol. The Bertz CT molecular complexity index is 942. The topological polar surface area (TPSA) is 88.4 Å². The first-order chi connectivity index (χ1) is 12.0. The summed E-state index contributed by atoms with van der Waals surface area (Å²) in [6.45, 7) is 9.89. The number of allylic oxidation sites excluding steroid dienone is 3. The van der Waals surface area contributed by atoms with Crippen LogP contribution in [0, 0.1) is 12.3 Å². The molecule has 26 heavy (non-hydrogen) atoms. The summed E-state index contributed by atoms with van der Waals surface area (Å²) in [5.41, 5.74) is 1.50. The largest absolute Gasteiger partial charge is 0.370 e. The number of rotatable bonds is 2. The van der Waals surface area contributed by atoms with Crippen LogP contribution in [0.2, 0.25) is 0 Å². The molecule has 6 heteroatoms. The van der Waals surface area contributed by atoms with E-state index in [4.69, 9.17) is 0 Å². The van der Waals surface area contributed by atoms with Gasteiger partial charge < -0.3 is 15.0 Å². The van der Waals surface area contributed by atoms with Crippen LogP contribution in [0.1, 0.15) is 60.5 Å². The average molecular weight is 356 g/mol. The smallest absolute Gasteiger partial charge is 0.251 e. The van der Waals surface area contributed by atoms with E-state index in [0.717, 1.165) is 0 Å². The maximum Gasteiger partial charge on any atom is 0.251 e.